The lowest BCUT2D eigenvalue weighted by Gasteiger charge is -2.21. The highest BCUT2D eigenvalue weighted by Crippen LogP contribution is 2.23. The molecule has 0 fully saturated rings. The Hall–Kier alpha value is -2.37. The van der Waals surface area contributed by atoms with Gasteiger partial charge in [-0.15, -0.1) is 0 Å². The molecule has 23 heavy (non-hydrogen) atoms. The molecular weight excluding hydrogens is 316 g/mol. The number of rotatable bonds is 4. The van der Waals surface area contributed by atoms with Crippen molar-refractivity contribution in [3.05, 3.63) is 65.3 Å². The van der Waals surface area contributed by atoms with Crippen molar-refractivity contribution in [3.63, 3.8) is 0 Å². The van der Waals surface area contributed by atoms with Gasteiger partial charge in [-0.25, -0.2) is 4.98 Å². The summed E-state index contributed by atoms with van der Waals surface area (Å²) in [7, 11) is 0. The summed E-state index contributed by atoms with van der Waals surface area (Å²) in [5, 5.41) is 14.9. The average molecular weight is 331 g/mol. The van der Waals surface area contributed by atoms with E-state index in [4.69, 9.17) is 16.0 Å². The van der Waals surface area contributed by atoms with Crippen LogP contribution in [0.3, 0.4) is 0 Å². The van der Waals surface area contributed by atoms with Gasteiger partial charge in [-0.05, 0) is 30.5 Å². The number of hydrogen-bond donors (Lipinski definition) is 2. The maximum Gasteiger partial charge on any atom is 0.270 e. The van der Waals surface area contributed by atoms with Crippen LogP contribution in [0, 0.1) is 0 Å². The first kappa shape index (κ1) is 15.5. The monoisotopic (exact) mass is 330 g/mol. The zero-order valence-electron chi connectivity index (χ0n) is 12.4. The molecule has 1 atom stereocenters. The zero-order chi connectivity index (χ0) is 16.4. The number of benzene rings is 1. The van der Waals surface area contributed by atoms with E-state index in [1.54, 1.807) is 25.1 Å². The Morgan fingerprint density at radius 1 is 1.35 bits per heavy atom. The van der Waals surface area contributed by atoms with Gasteiger partial charge in [0.1, 0.15) is 22.2 Å². The third-order valence-electron chi connectivity index (χ3n) is 3.57. The highest BCUT2D eigenvalue weighted by molar-refractivity contribution is 6.34. The number of fused-ring (bicyclic) bond motifs is 1. The first-order chi connectivity index (χ1) is 11.0. The lowest BCUT2D eigenvalue weighted by molar-refractivity contribution is 0.0329. The smallest absolute Gasteiger partial charge is 0.270 e. The summed E-state index contributed by atoms with van der Waals surface area (Å²) in [6, 6.07) is 12.4. The van der Waals surface area contributed by atoms with Gasteiger partial charge >= 0.3 is 0 Å². The molecule has 3 rings (SSSR count). The fourth-order valence-corrected chi connectivity index (χ4v) is 2.55. The van der Waals surface area contributed by atoms with E-state index in [9.17, 15) is 9.90 Å². The molecule has 2 aromatic heterocycles. The number of aliphatic hydroxyl groups is 1. The molecule has 1 amide bonds. The Morgan fingerprint density at radius 3 is 2.87 bits per heavy atom. The minimum Gasteiger partial charge on any atom is -0.466 e. The SMILES string of the molecule is CC(O)(CNC(=O)c1cc2ccccc2c(Cl)n1)c1ccco1. The third-order valence-corrected chi connectivity index (χ3v) is 3.86. The van der Waals surface area contributed by atoms with Crippen molar-refractivity contribution in [1.29, 1.82) is 0 Å². The first-order valence-electron chi connectivity index (χ1n) is 7.07. The number of carbonyl (C=O) groups is 1. The number of pyridine rings is 1. The standard InChI is InChI=1S/C17H15ClN2O3/c1-17(22,14-7-4-8-23-14)10-19-16(21)13-9-11-5-2-3-6-12(11)15(18)20-13/h2-9,22H,10H2,1H3,(H,19,21). The number of nitrogens with one attached hydrogen (secondary N) is 1. The molecule has 0 aliphatic heterocycles. The number of nitrogens with zero attached hydrogens (tertiary/aromatic N) is 1. The summed E-state index contributed by atoms with van der Waals surface area (Å²) < 4.78 is 5.18. The summed E-state index contributed by atoms with van der Waals surface area (Å²) in [4.78, 5) is 16.4. The molecule has 0 radical (unpaired) electrons. The Labute approximate surface area is 137 Å². The molecule has 0 spiro atoms. The van der Waals surface area contributed by atoms with Crippen molar-refractivity contribution >= 4 is 28.3 Å². The second-order valence-electron chi connectivity index (χ2n) is 5.45. The summed E-state index contributed by atoms with van der Waals surface area (Å²) >= 11 is 6.12. The Morgan fingerprint density at radius 2 is 2.13 bits per heavy atom. The second-order valence-corrected chi connectivity index (χ2v) is 5.81. The molecule has 1 unspecified atom stereocenters. The zero-order valence-corrected chi connectivity index (χ0v) is 13.2. The number of hydrogen-bond acceptors (Lipinski definition) is 4. The predicted octanol–water partition coefficient (Wildman–Crippen LogP) is 3.12. The van der Waals surface area contributed by atoms with Crippen LogP contribution >= 0.6 is 11.6 Å². The van der Waals surface area contributed by atoms with E-state index in [2.05, 4.69) is 10.3 Å². The molecule has 2 N–H and O–H groups in total. The molecule has 0 saturated carbocycles. The van der Waals surface area contributed by atoms with Crippen LogP contribution < -0.4 is 5.32 Å². The number of amides is 1. The van der Waals surface area contributed by atoms with E-state index in [1.807, 2.05) is 24.3 Å². The van der Waals surface area contributed by atoms with E-state index in [0.717, 1.165) is 10.8 Å². The van der Waals surface area contributed by atoms with Crippen LogP contribution in [0.5, 0.6) is 0 Å². The van der Waals surface area contributed by atoms with Crippen LogP contribution in [-0.4, -0.2) is 22.5 Å². The van der Waals surface area contributed by atoms with E-state index >= 15 is 0 Å². The molecule has 0 aliphatic rings. The molecule has 2 heterocycles. The minimum atomic E-state index is -1.31. The molecule has 118 valence electrons. The Kier molecular flexibility index (Phi) is 4.07. The Bertz CT molecular complexity index is 844. The van der Waals surface area contributed by atoms with E-state index < -0.39 is 11.5 Å². The van der Waals surface area contributed by atoms with Gasteiger partial charge < -0.3 is 14.8 Å². The van der Waals surface area contributed by atoms with Crippen LogP contribution in [-0.2, 0) is 5.60 Å². The van der Waals surface area contributed by atoms with Crippen molar-refractivity contribution in [1.82, 2.24) is 10.3 Å². The van der Waals surface area contributed by atoms with Gasteiger partial charge in [-0.1, -0.05) is 35.9 Å². The maximum atomic E-state index is 12.3. The van der Waals surface area contributed by atoms with Gasteiger partial charge in [0.2, 0.25) is 0 Å². The fraction of sp³-hybridized carbons (Fsp3) is 0.176. The number of carbonyl (C=O) groups excluding carboxylic acids is 1. The van der Waals surface area contributed by atoms with Crippen LogP contribution in [0.1, 0.15) is 23.2 Å². The average Bonchev–Trinajstić information content (AvgIpc) is 3.08. The van der Waals surface area contributed by atoms with Crippen LogP contribution in [0.2, 0.25) is 5.15 Å². The number of aromatic nitrogens is 1. The van der Waals surface area contributed by atoms with Crippen molar-refractivity contribution in [2.75, 3.05) is 6.54 Å². The summed E-state index contributed by atoms with van der Waals surface area (Å²) in [6.45, 7) is 1.55. The van der Waals surface area contributed by atoms with Crippen LogP contribution in [0.4, 0.5) is 0 Å². The highest BCUT2D eigenvalue weighted by Gasteiger charge is 2.27. The first-order valence-corrected chi connectivity index (χ1v) is 7.45. The molecule has 0 bridgehead atoms. The number of furan rings is 1. The molecule has 0 saturated heterocycles. The summed E-state index contributed by atoms with van der Waals surface area (Å²) in [5.74, 6) is -0.0354. The largest absolute Gasteiger partial charge is 0.466 e. The molecular formula is C17H15ClN2O3. The van der Waals surface area contributed by atoms with Gasteiger partial charge in [0.15, 0.2) is 0 Å². The molecule has 6 heteroatoms. The third kappa shape index (κ3) is 3.21. The molecule has 1 aromatic carbocycles. The van der Waals surface area contributed by atoms with Crippen LogP contribution in [0.25, 0.3) is 10.8 Å². The van der Waals surface area contributed by atoms with Gasteiger partial charge in [-0.3, -0.25) is 4.79 Å². The van der Waals surface area contributed by atoms with E-state index in [0.29, 0.717) is 5.76 Å². The highest BCUT2D eigenvalue weighted by atomic mass is 35.5. The lowest BCUT2D eigenvalue weighted by Crippen LogP contribution is -2.38. The Balaban J connectivity index is 1.79. The van der Waals surface area contributed by atoms with Crippen molar-refractivity contribution in [3.8, 4) is 0 Å². The van der Waals surface area contributed by atoms with E-state index in [1.165, 1.54) is 6.26 Å². The van der Waals surface area contributed by atoms with Gasteiger partial charge in [0.05, 0.1) is 12.8 Å². The second kappa shape index (κ2) is 6.02. The van der Waals surface area contributed by atoms with Gasteiger partial charge in [0, 0.05) is 5.39 Å². The van der Waals surface area contributed by atoms with E-state index in [-0.39, 0.29) is 17.4 Å². The predicted molar refractivity (Wildman–Crippen MR) is 87.4 cm³/mol. The summed E-state index contributed by atoms with van der Waals surface area (Å²) in [5.41, 5.74) is -1.11. The molecule has 0 aliphatic carbocycles. The summed E-state index contributed by atoms with van der Waals surface area (Å²) in [6.07, 6.45) is 1.47. The topological polar surface area (TPSA) is 75.4 Å². The normalized spacial score (nSPS) is 13.7. The van der Waals surface area contributed by atoms with Gasteiger partial charge in [0.25, 0.3) is 5.91 Å². The molecule has 5 nitrogen and oxygen atoms in total. The van der Waals surface area contributed by atoms with Gasteiger partial charge in [-0.2, -0.15) is 0 Å². The molecule has 3 aromatic rings. The number of halogens is 1. The van der Waals surface area contributed by atoms with Crippen LogP contribution in [0.15, 0.2) is 53.1 Å². The maximum absolute atomic E-state index is 12.3. The van der Waals surface area contributed by atoms with Crippen molar-refractivity contribution < 1.29 is 14.3 Å². The fourth-order valence-electron chi connectivity index (χ4n) is 2.29. The minimum absolute atomic E-state index is 0.00846. The quantitative estimate of drug-likeness (QED) is 0.721. The lowest BCUT2D eigenvalue weighted by atomic mass is 10.0. The van der Waals surface area contributed by atoms with Crippen molar-refractivity contribution in [2.24, 2.45) is 0 Å². The van der Waals surface area contributed by atoms with Crippen molar-refractivity contribution in [2.45, 2.75) is 12.5 Å².